The molecule has 2 saturated heterocycles. The summed E-state index contributed by atoms with van der Waals surface area (Å²) >= 11 is 0. The third-order valence-electron chi connectivity index (χ3n) is 9.99. The van der Waals surface area contributed by atoms with Gasteiger partial charge in [-0.2, -0.15) is 0 Å². The molecule has 0 N–H and O–H groups in total. The second-order valence-corrected chi connectivity index (χ2v) is 12.7. The molecule has 3 aromatic carbocycles. The zero-order valence-corrected chi connectivity index (χ0v) is 29.3. The molecular formula is C38H46FN5O6. The Morgan fingerprint density at radius 2 is 1.64 bits per heavy atom. The summed E-state index contributed by atoms with van der Waals surface area (Å²) in [4.78, 5) is 39.4. The van der Waals surface area contributed by atoms with E-state index >= 15 is 0 Å². The number of benzene rings is 3. The van der Waals surface area contributed by atoms with Crippen LogP contribution >= 0.6 is 0 Å². The Hall–Kier alpha value is -4.68. The van der Waals surface area contributed by atoms with E-state index in [2.05, 4.69) is 20.4 Å². The van der Waals surface area contributed by atoms with Crippen molar-refractivity contribution in [2.24, 2.45) is 0 Å². The average Bonchev–Trinajstić information content (AvgIpc) is 3.57. The number of ether oxygens (including phenoxy) is 4. The van der Waals surface area contributed by atoms with Crippen LogP contribution in [0.5, 0.6) is 17.2 Å². The van der Waals surface area contributed by atoms with Crippen LogP contribution in [0, 0.1) is 5.82 Å². The van der Waals surface area contributed by atoms with Crippen molar-refractivity contribution in [1.82, 2.24) is 19.4 Å². The summed E-state index contributed by atoms with van der Waals surface area (Å²) in [5, 5.41) is 0. The molecule has 0 spiro atoms. The first-order chi connectivity index (χ1) is 24.3. The van der Waals surface area contributed by atoms with Gasteiger partial charge in [0.05, 0.1) is 44.4 Å². The van der Waals surface area contributed by atoms with Crippen molar-refractivity contribution in [3.63, 3.8) is 0 Å². The molecule has 0 bridgehead atoms. The number of methoxy groups -OCH3 is 3. The van der Waals surface area contributed by atoms with E-state index < -0.39 is 11.3 Å². The van der Waals surface area contributed by atoms with Gasteiger partial charge in [0.25, 0.3) is 5.91 Å². The summed E-state index contributed by atoms with van der Waals surface area (Å²) in [5.74, 6) is 0.845. The second kappa shape index (κ2) is 15.5. The van der Waals surface area contributed by atoms with E-state index in [0.717, 1.165) is 56.1 Å². The second-order valence-electron chi connectivity index (χ2n) is 12.7. The first kappa shape index (κ1) is 35.2. The number of anilines is 1. The van der Waals surface area contributed by atoms with Crippen molar-refractivity contribution >= 4 is 28.8 Å². The van der Waals surface area contributed by atoms with Crippen molar-refractivity contribution in [3.05, 3.63) is 77.6 Å². The molecule has 12 heteroatoms. The van der Waals surface area contributed by atoms with Gasteiger partial charge in [-0.3, -0.25) is 14.5 Å². The van der Waals surface area contributed by atoms with Gasteiger partial charge in [-0.15, -0.1) is 0 Å². The van der Waals surface area contributed by atoms with Crippen molar-refractivity contribution in [2.45, 2.75) is 38.1 Å². The average molecular weight is 688 g/mol. The number of amides is 2. The maximum absolute atomic E-state index is 14.4. The standard InChI is InChI=1S/C38H46FN5O6/c1-5-50-24-23-43-31-10-7-6-9-30(31)40-37(43)42-18-8-17-41(21-22-42)19-15-38(28-11-13-29(39)14-12-28)16-20-44(36(38)46)35(45)27-25-32(47-2)34(49-4)33(26-27)48-3/h6-7,9-14,25-26H,5,8,15-24H2,1-4H3. The van der Waals surface area contributed by atoms with Crippen molar-refractivity contribution in [3.8, 4) is 17.2 Å². The maximum atomic E-state index is 14.4. The summed E-state index contributed by atoms with van der Waals surface area (Å²) in [5.41, 5.74) is 2.04. The minimum absolute atomic E-state index is 0.234. The molecule has 0 saturated carbocycles. The number of imide groups is 1. The molecule has 1 atom stereocenters. The number of imidazole rings is 1. The highest BCUT2D eigenvalue weighted by Gasteiger charge is 2.50. The van der Waals surface area contributed by atoms with Crippen molar-refractivity contribution in [2.75, 3.05) is 78.7 Å². The number of fused-ring (bicyclic) bond motifs is 1. The van der Waals surface area contributed by atoms with Gasteiger partial charge in [0.1, 0.15) is 5.82 Å². The summed E-state index contributed by atoms with van der Waals surface area (Å²) in [6.07, 6.45) is 1.85. The quantitative estimate of drug-likeness (QED) is 0.140. The third kappa shape index (κ3) is 6.86. The zero-order valence-electron chi connectivity index (χ0n) is 29.3. The molecule has 2 fully saturated rings. The van der Waals surface area contributed by atoms with Crippen LogP contribution in [-0.4, -0.2) is 105 Å². The Kier molecular flexibility index (Phi) is 10.9. The lowest BCUT2D eigenvalue weighted by atomic mass is 9.76. The van der Waals surface area contributed by atoms with Gasteiger partial charge < -0.3 is 33.3 Å². The monoisotopic (exact) mass is 687 g/mol. The van der Waals surface area contributed by atoms with Crippen LogP contribution in [0.1, 0.15) is 42.1 Å². The van der Waals surface area contributed by atoms with Crippen LogP contribution in [-0.2, 0) is 21.5 Å². The van der Waals surface area contributed by atoms with Crippen molar-refractivity contribution in [1.29, 1.82) is 0 Å². The minimum atomic E-state index is -0.983. The summed E-state index contributed by atoms with van der Waals surface area (Å²) in [6, 6.07) is 17.4. The van der Waals surface area contributed by atoms with E-state index in [9.17, 15) is 14.0 Å². The predicted molar refractivity (Wildman–Crippen MR) is 189 cm³/mol. The number of halogens is 1. The van der Waals surface area contributed by atoms with Gasteiger partial charge >= 0.3 is 0 Å². The zero-order chi connectivity index (χ0) is 35.3. The smallest absolute Gasteiger partial charge is 0.260 e. The number of para-hydroxylation sites is 2. The molecule has 266 valence electrons. The van der Waals surface area contributed by atoms with Gasteiger partial charge in [-0.1, -0.05) is 24.3 Å². The lowest BCUT2D eigenvalue weighted by Crippen LogP contribution is -2.43. The van der Waals surface area contributed by atoms with Crippen LogP contribution < -0.4 is 19.1 Å². The SMILES string of the molecule is CCOCCn1c(N2CCCN(CCC3(c4ccc(F)cc4)CCN(C(=O)c4cc(OC)c(OC)c(OC)c4)C3=O)CC2)nc2ccccc21. The highest BCUT2D eigenvalue weighted by Crippen LogP contribution is 2.42. The van der Waals surface area contributed by atoms with Crippen LogP contribution in [0.25, 0.3) is 11.0 Å². The Bertz CT molecular complexity index is 1790. The first-order valence-corrected chi connectivity index (χ1v) is 17.3. The van der Waals surface area contributed by atoms with E-state index in [0.29, 0.717) is 55.4 Å². The van der Waals surface area contributed by atoms with Gasteiger partial charge in [-0.25, -0.2) is 9.37 Å². The molecule has 0 aliphatic carbocycles. The molecule has 6 rings (SSSR count). The summed E-state index contributed by atoms with van der Waals surface area (Å²) in [6.45, 7) is 8.16. The van der Waals surface area contributed by atoms with E-state index in [1.165, 1.54) is 38.4 Å². The number of hydrogen-bond donors (Lipinski definition) is 0. The third-order valence-corrected chi connectivity index (χ3v) is 9.99. The Morgan fingerprint density at radius 1 is 0.900 bits per heavy atom. The molecule has 11 nitrogen and oxygen atoms in total. The molecule has 2 amide bonds. The Morgan fingerprint density at radius 3 is 2.34 bits per heavy atom. The molecule has 4 aromatic rings. The molecule has 1 aromatic heterocycles. The minimum Gasteiger partial charge on any atom is -0.493 e. The highest BCUT2D eigenvalue weighted by atomic mass is 19.1. The fourth-order valence-electron chi connectivity index (χ4n) is 7.30. The first-order valence-electron chi connectivity index (χ1n) is 17.3. The fourth-order valence-corrected chi connectivity index (χ4v) is 7.30. The van der Waals surface area contributed by atoms with Gasteiger partial charge in [0.2, 0.25) is 17.6 Å². The largest absolute Gasteiger partial charge is 0.493 e. The van der Waals surface area contributed by atoms with Crippen LogP contribution in [0.2, 0.25) is 0 Å². The number of likely N-dealkylation sites (tertiary alicyclic amines) is 1. The Balaban J connectivity index is 1.21. The van der Waals surface area contributed by atoms with Crippen LogP contribution in [0.3, 0.4) is 0 Å². The van der Waals surface area contributed by atoms with E-state index in [1.54, 1.807) is 24.3 Å². The topological polar surface area (TPSA) is 98.6 Å². The number of aromatic nitrogens is 2. The number of nitrogens with zero attached hydrogens (tertiary/aromatic N) is 5. The van der Waals surface area contributed by atoms with E-state index in [-0.39, 0.29) is 23.8 Å². The lowest BCUT2D eigenvalue weighted by molar-refractivity contribution is -0.130. The van der Waals surface area contributed by atoms with E-state index in [1.807, 2.05) is 25.1 Å². The molecule has 50 heavy (non-hydrogen) atoms. The number of hydrogen-bond acceptors (Lipinski definition) is 9. The molecule has 0 radical (unpaired) electrons. The molecular weight excluding hydrogens is 641 g/mol. The number of rotatable bonds is 13. The molecule has 1 unspecified atom stereocenters. The van der Waals surface area contributed by atoms with Gasteiger partial charge in [0, 0.05) is 44.9 Å². The summed E-state index contributed by atoms with van der Waals surface area (Å²) in [7, 11) is 4.45. The molecule has 2 aliphatic rings. The summed E-state index contributed by atoms with van der Waals surface area (Å²) < 4.78 is 38.4. The number of carbonyl (C=O) groups excluding carboxylic acids is 2. The highest BCUT2D eigenvalue weighted by molar-refractivity contribution is 6.09. The van der Waals surface area contributed by atoms with Crippen molar-refractivity contribution < 1.29 is 32.9 Å². The van der Waals surface area contributed by atoms with Gasteiger partial charge in [0.15, 0.2) is 11.5 Å². The fraction of sp³-hybridized carbons (Fsp3) is 0.447. The Labute approximate surface area is 292 Å². The number of carbonyl (C=O) groups is 2. The maximum Gasteiger partial charge on any atom is 0.260 e. The molecule has 3 heterocycles. The predicted octanol–water partition coefficient (Wildman–Crippen LogP) is 5.15. The normalized spacial score (nSPS) is 18.5. The van der Waals surface area contributed by atoms with Crippen LogP contribution in [0.4, 0.5) is 10.3 Å². The van der Waals surface area contributed by atoms with Crippen LogP contribution in [0.15, 0.2) is 60.7 Å². The van der Waals surface area contributed by atoms with E-state index in [4.69, 9.17) is 23.9 Å². The van der Waals surface area contributed by atoms with Gasteiger partial charge in [-0.05, 0) is 81.2 Å². The lowest BCUT2D eigenvalue weighted by Gasteiger charge is -2.31. The molecule has 2 aliphatic heterocycles.